The monoisotopic (exact) mass is 371 g/mol. The van der Waals surface area contributed by atoms with Gasteiger partial charge in [0.25, 0.3) is 0 Å². The molecule has 4 rings (SSSR count). The number of hydrogen-bond donors (Lipinski definition) is 0. The minimum absolute atomic E-state index is 0.807. The standard InChI is InChI=1S/C25H27N2O/c1-26(2)23-12-8-21(9-13-23)25(20-6-4-3-5-7-20)22-10-14-24(15-11-22)27-16-18-28-19-17-27/h3-15H,16-19H2,1-2H3/q+1. The molecule has 0 N–H and O–H groups in total. The molecule has 0 amide bonds. The SMILES string of the molecule is C[N+](C)=C1C=CC(=C(c2ccccc2)c2ccc(N3CCOCC3)cc2)C=C1. The Kier molecular flexibility index (Phi) is 5.54. The van der Waals surface area contributed by atoms with Crippen LogP contribution in [0.4, 0.5) is 5.69 Å². The van der Waals surface area contributed by atoms with Crippen molar-refractivity contribution in [2.24, 2.45) is 0 Å². The number of allylic oxidation sites excluding steroid dienone is 5. The molecule has 28 heavy (non-hydrogen) atoms. The van der Waals surface area contributed by atoms with Gasteiger partial charge in [0.15, 0.2) is 5.71 Å². The van der Waals surface area contributed by atoms with Crippen molar-refractivity contribution in [3.05, 3.63) is 95.6 Å². The second kappa shape index (κ2) is 8.41. The molecular formula is C25H27N2O+. The molecule has 142 valence electrons. The fraction of sp³-hybridized carbons (Fsp3) is 0.240. The molecule has 2 aromatic rings. The summed E-state index contributed by atoms with van der Waals surface area (Å²) < 4.78 is 7.60. The molecule has 0 aromatic heterocycles. The summed E-state index contributed by atoms with van der Waals surface area (Å²) in [7, 11) is 4.14. The molecule has 3 nitrogen and oxygen atoms in total. The Morgan fingerprint density at radius 3 is 2.00 bits per heavy atom. The predicted molar refractivity (Wildman–Crippen MR) is 117 cm³/mol. The minimum atomic E-state index is 0.807. The molecule has 1 saturated heterocycles. The maximum atomic E-state index is 5.48. The van der Waals surface area contributed by atoms with Crippen LogP contribution in [-0.2, 0) is 4.74 Å². The van der Waals surface area contributed by atoms with Crippen LogP contribution in [0.15, 0.2) is 84.5 Å². The van der Waals surface area contributed by atoms with Crippen LogP contribution in [0.1, 0.15) is 11.1 Å². The molecule has 3 heteroatoms. The van der Waals surface area contributed by atoms with Crippen LogP contribution in [0.3, 0.4) is 0 Å². The van der Waals surface area contributed by atoms with Gasteiger partial charge >= 0.3 is 0 Å². The number of ether oxygens (including phenoxy) is 1. The molecule has 1 aliphatic heterocycles. The van der Waals surface area contributed by atoms with Gasteiger partial charge in [-0.2, -0.15) is 0 Å². The zero-order chi connectivity index (χ0) is 19.3. The maximum Gasteiger partial charge on any atom is 0.199 e. The van der Waals surface area contributed by atoms with Crippen LogP contribution in [0.5, 0.6) is 0 Å². The lowest BCUT2D eigenvalue weighted by atomic mass is 9.90. The van der Waals surface area contributed by atoms with E-state index >= 15 is 0 Å². The number of morpholine rings is 1. The molecule has 0 saturated carbocycles. The molecule has 0 radical (unpaired) electrons. The van der Waals surface area contributed by atoms with Crippen molar-refractivity contribution in [3.8, 4) is 0 Å². The fourth-order valence-electron chi connectivity index (χ4n) is 3.69. The summed E-state index contributed by atoms with van der Waals surface area (Å²) in [4.78, 5) is 2.39. The maximum absolute atomic E-state index is 5.48. The van der Waals surface area contributed by atoms with Crippen LogP contribution in [-0.4, -0.2) is 50.7 Å². The Morgan fingerprint density at radius 1 is 0.786 bits per heavy atom. The molecule has 1 fully saturated rings. The first-order valence-corrected chi connectivity index (χ1v) is 9.85. The summed E-state index contributed by atoms with van der Waals surface area (Å²) in [5.74, 6) is 0. The van der Waals surface area contributed by atoms with E-state index in [4.69, 9.17) is 4.74 Å². The van der Waals surface area contributed by atoms with Crippen LogP contribution >= 0.6 is 0 Å². The van der Waals surface area contributed by atoms with Crippen molar-refractivity contribution in [1.29, 1.82) is 0 Å². The summed E-state index contributed by atoms with van der Waals surface area (Å²) in [6.45, 7) is 3.53. The smallest absolute Gasteiger partial charge is 0.199 e. The van der Waals surface area contributed by atoms with Gasteiger partial charge in [-0.3, -0.25) is 0 Å². The van der Waals surface area contributed by atoms with E-state index in [0.717, 1.165) is 26.3 Å². The van der Waals surface area contributed by atoms with E-state index in [1.807, 2.05) is 0 Å². The molecule has 2 aliphatic rings. The summed E-state index contributed by atoms with van der Waals surface area (Å²) in [6.07, 6.45) is 8.79. The second-order valence-corrected chi connectivity index (χ2v) is 7.33. The van der Waals surface area contributed by atoms with Gasteiger partial charge in [0, 0.05) is 30.9 Å². The van der Waals surface area contributed by atoms with Gasteiger partial charge < -0.3 is 9.64 Å². The summed E-state index contributed by atoms with van der Waals surface area (Å²) in [6, 6.07) is 19.6. The van der Waals surface area contributed by atoms with Crippen molar-refractivity contribution in [1.82, 2.24) is 0 Å². The molecule has 1 aliphatic carbocycles. The quantitative estimate of drug-likeness (QED) is 0.753. The molecular weight excluding hydrogens is 344 g/mol. The van der Waals surface area contributed by atoms with E-state index in [-0.39, 0.29) is 0 Å². The van der Waals surface area contributed by atoms with Gasteiger partial charge in [-0.05, 0) is 46.6 Å². The summed E-state index contributed by atoms with van der Waals surface area (Å²) >= 11 is 0. The highest BCUT2D eigenvalue weighted by Gasteiger charge is 2.15. The van der Waals surface area contributed by atoms with Crippen molar-refractivity contribution in [2.75, 3.05) is 45.3 Å². The lowest BCUT2D eigenvalue weighted by Crippen LogP contribution is -2.36. The third-order valence-electron chi connectivity index (χ3n) is 5.27. The third-order valence-corrected chi connectivity index (χ3v) is 5.27. The van der Waals surface area contributed by atoms with Crippen LogP contribution in [0.2, 0.25) is 0 Å². The minimum Gasteiger partial charge on any atom is -0.378 e. The predicted octanol–water partition coefficient (Wildman–Crippen LogP) is 4.16. The Balaban J connectivity index is 1.73. The molecule has 0 unspecified atom stereocenters. The Bertz CT molecular complexity index is 922. The van der Waals surface area contributed by atoms with Crippen molar-refractivity contribution < 1.29 is 9.31 Å². The molecule has 0 atom stereocenters. The summed E-state index contributed by atoms with van der Waals surface area (Å²) in [5, 5.41) is 0. The normalized spacial score (nSPS) is 16.4. The van der Waals surface area contributed by atoms with Crippen LogP contribution < -0.4 is 4.90 Å². The van der Waals surface area contributed by atoms with Gasteiger partial charge in [0.2, 0.25) is 0 Å². The van der Waals surface area contributed by atoms with E-state index in [0.29, 0.717) is 0 Å². The molecule has 2 aromatic carbocycles. The summed E-state index contributed by atoms with van der Waals surface area (Å²) in [5.41, 5.74) is 7.44. The van der Waals surface area contributed by atoms with Crippen LogP contribution in [0.25, 0.3) is 5.57 Å². The number of nitrogens with zero attached hydrogens (tertiary/aromatic N) is 2. The van der Waals surface area contributed by atoms with E-state index in [2.05, 4.69) is 102 Å². The van der Waals surface area contributed by atoms with Gasteiger partial charge in [-0.1, -0.05) is 42.5 Å². The lowest BCUT2D eigenvalue weighted by molar-refractivity contribution is -0.462. The van der Waals surface area contributed by atoms with Gasteiger partial charge in [-0.15, -0.1) is 0 Å². The second-order valence-electron chi connectivity index (χ2n) is 7.33. The Labute approximate surface area is 167 Å². The highest BCUT2D eigenvalue weighted by molar-refractivity contribution is 6.03. The zero-order valence-corrected chi connectivity index (χ0v) is 16.6. The first kappa shape index (κ1) is 18.5. The van der Waals surface area contributed by atoms with Gasteiger partial charge in [-0.25, -0.2) is 4.58 Å². The van der Waals surface area contributed by atoms with Crippen molar-refractivity contribution in [3.63, 3.8) is 0 Å². The first-order valence-electron chi connectivity index (χ1n) is 9.85. The molecule has 0 bridgehead atoms. The Morgan fingerprint density at radius 2 is 1.39 bits per heavy atom. The van der Waals surface area contributed by atoms with E-state index < -0.39 is 0 Å². The highest BCUT2D eigenvalue weighted by Crippen LogP contribution is 2.31. The van der Waals surface area contributed by atoms with E-state index in [1.165, 1.54) is 33.7 Å². The van der Waals surface area contributed by atoms with Gasteiger partial charge in [0.1, 0.15) is 14.1 Å². The largest absolute Gasteiger partial charge is 0.378 e. The third kappa shape index (κ3) is 4.00. The fourth-order valence-corrected chi connectivity index (χ4v) is 3.69. The Hall–Kier alpha value is -2.91. The topological polar surface area (TPSA) is 15.5 Å². The van der Waals surface area contributed by atoms with Crippen molar-refractivity contribution >= 4 is 17.0 Å². The molecule has 0 spiro atoms. The van der Waals surface area contributed by atoms with E-state index in [9.17, 15) is 0 Å². The van der Waals surface area contributed by atoms with E-state index in [1.54, 1.807) is 0 Å². The lowest BCUT2D eigenvalue weighted by Gasteiger charge is -2.29. The zero-order valence-electron chi connectivity index (χ0n) is 16.6. The highest BCUT2D eigenvalue weighted by atomic mass is 16.5. The number of benzene rings is 2. The number of anilines is 1. The van der Waals surface area contributed by atoms with Gasteiger partial charge in [0.05, 0.1) is 13.2 Å². The van der Waals surface area contributed by atoms with Crippen LogP contribution in [0, 0.1) is 0 Å². The molecule has 1 heterocycles. The number of rotatable bonds is 3. The first-order chi connectivity index (χ1) is 13.7. The average Bonchev–Trinajstić information content (AvgIpc) is 2.76. The number of hydrogen-bond acceptors (Lipinski definition) is 2. The average molecular weight is 372 g/mol. The van der Waals surface area contributed by atoms with Crippen molar-refractivity contribution in [2.45, 2.75) is 0 Å².